The first-order valence-corrected chi connectivity index (χ1v) is 6.93. The van der Waals surface area contributed by atoms with E-state index in [1.807, 2.05) is 30.3 Å². The van der Waals surface area contributed by atoms with Crippen LogP contribution in [0.15, 0.2) is 48.8 Å². The summed E-state index contributed by atoms with van der Waals surface area (Å²) in [6, 6.07) is 11.1. The van der Waals surface area contributed by atoms with Crippen LogP contribution in [0.4, 0.5) is 4.39 Å². The van der Waals surface area contributed by atoms with E-state index in [4.69, 9.17) is 0 Å². The molecule has 1 heterocycles. The van der Waals surface area contributed by atoms with Gasteiger partial charge in [0.1, 0.15) is 5.82 Å². The molecule has 2 nitrogen and oxygen atoms in total. The summed E-state index contributed by atoms with van der Waals surface area (Å²) in [5.74, 6) is -0.467. The molecule has 102 valence electrons. The molecule has 0 amide bonds. The molecule has 0 saturated heterocycles. The molecule has 1 aromatic carbocycles. The van der Waals surface area contributed by atoms with Crippen molar-refractivity contribution in [1.29, 1.82) is 0 Å². The van der Waals surface area contributed by atoms with E-state index in [0.717, 1.165) is 37.4 Å². The number of pyridine rings is 1. The fourth-order valence-electron chi connectivity index (χ4n) is 3.19. The standard InChI is InChI=1S/C17H16FNO/c18-15-10-13(11-19-12-15)16(20)17(8-4-5-9-17)14-6-2-1-3-7-14/h1-3,6-7,10-12H,4-5,8-9H2. The molecule has 3 heteroatoms. The van der Waals surface area contributed by atoms with Crippen LogP contribution in [0.1, 0.15) is 41.6 Å². The Hall–Kier alpha value is -2.03. The summed E-state index contributed by atoms with van der Waals surface area (Å²) in [5.41, 5.74) is 0.902. The Kier molecular flexibility index (Phi) is 3.35. The van der Waals surface area contributed by atoms with E-state index in [9.17, 15) is 9.18 Å². The zero-order valence-electron chi connectivity index (χ0n) is 11.2. The van der Waals surface area contributed by atoms with E-state index in [1.165, 1.54) is 12.3 Å². The number of nitrogens with zero attached hydrogens (tertiary/aromatic N) is 1. The second-order valence-corrected chi connectivity index (χ2v) is 5.38. The Bertz CT molecular complexity index is 618. The summed E-state index contributed by atoms with van der Waals surface area (Å²) in [6.07, 6.45) is 6.31. The Labute approximate surface area is 117 Å². The lowest BCUT2D eigenvalue weighted by Gasteiger charge is -2.28. The van der Waals surface area contributed by atoms with Crippen molar-refractivity contribution in [1.82, 2.24) is 4.98 Å². The lowest BCUT2D eigenvalue weighted by molar-refractivity contribution is 0.0885. The van der Waals surface area contributed by atoms with Crippen molar-refractivity contribution in [2.75, 3.05) is 0 Å². The van der Waals surface area contributed by atoms with Crippen LogP contribution < -0.4 is 0 Å². The van der Waals surface area contributed by atoms with Gasteiger partial charge in [0, 0.05) is 11.8 Å². The smallest absolute Gasteiger partial charge is 0.175 e. The van der Waals surface area contributed by atoms with Crippen LogP contribution in [-0.2, 0) is 5.41 Å². The van der Waals surface area contributed by atoms with E-state index in [2.05, 4.69) is 4.98 Å². The van der Waals surface area contributed by atoms with Crippen LogP contribution in [0, 0.1) is 5.82 Å². The van der Waals surface area contributed by atoms with Gasteiger partial charge in [-0.1, -0.05) is 43.2 Å². The summed E-state index contributed by atoms with van der Waals surface area (Å²) in [5, 5.41) is 0. The number of aromatic nitrogens is 1. The van der Waals surface area contributed by atoms with Crippen molar-refractivity contribution in [3.63, 3.8) is 0 Å². The molecule has 0 N–H and O–H groups in total. The minimum atomic E-state index is -0.503. The summed E-state index contributed by atoms with van der Waals surface area (Å²) in [4.78, 5) is 16.7. The average Bonchev–Trinajstić information content (AvgIpc) is 2.98. The number of carbonyl (C=O) groups excluding carboxylic acids is 1. The Morgan fingerprint density at radius 2 is 1.80 bits per heavy atom. The number of hydrogen-bond acceptors (Lipinski definition) is 2. The number of rotatable bonds is 3. The number of ketones is 1. The van der Waals surface area contributed by atoms with E-state index < -0.39 is 11.2 Å². The highest BCUT2D eigenvalue weighted by Gasteiger charge is 2.42. The number of hydrogen-bond donors (Lipinski definition) is 0. The maximum absolute atomic E-state index is 13.3. The third-order valence-corrected chi connectivity index (χ3v) is 4.19. The molecule has 20 heavy (non-hydrogen) atoms. The minimum Gasteiger partial charge on any atom is -0.293 e. The van der Waals surface area contributed by atoms with Gasteiger partial charge in [-0.15, -0.1) is 0 Å². The van der Waals surface area contributed by atoms with Crippen molar-refractivity contribution in [2.45, 2.75) is 31.1 Å². The molecule has 1 aliphatic rings. The SMILES string of the molecule is O=C(c1cncc(F)c1)C1(c2ccccc2)CCCC1. The molecule has 1 aliphatic carbocycles. The van der Waals surface area contributed by atoms with Gasteiger partial charge in [0.2, 0.25) is 0 Å². The fraction of sp³-hybridized carbons (Fsp3) is 0.294. The van der Waals surface area contributed by atoms with Gasteiger partial charge in [-0.25, -0.2) is 4.39 Å². The summed E-state index contributed by atoms with van der Waals surface area (Å²) < 4.78 is 13.3. The van der Waals surface area contributed by atoms with Crippen molar-refractivity contribution < 1.29 is 9.18 Å². The van der Waals surface area contributed by atoms with Crippen molar-refractivity contribution in [2.24, 2.45) is 0 Å². The molecule has 2 aromatic rings. The summed E-state index contributed by atoms with van der Waals surface area (Å²) >= 11 is 0. The maximum atomic E-state index is 13.3. The summed E-state index contributed by atoms with van der Waals surface area (Å²) in [7, 11) is 0. The first-order chi connectivity index (χ1) is 9.72. The van der Waals surface area contributed by atoms with Crippen LogP contribution in [0.5, 0.6) is 0 Å². The van der Waals surface area contributed by atoms with Gasteiger partial charge in [0.25, 0.3) is 0 Å². The van der Waals surface area contributed by atoms with Crippen LogP contribution in [0.2, 0.25) is 0 Å². The monoisotopic (exact) mass is 269 g/mol. The molecule has 0 bridgehead atoms. The van der Waals surface area contributed by atoms with Crippen molar-refractivity contribution >= 4 is 5.78 Å². The van der Waals surface area contributed by atoms with Gasteiger partial charge in [0.15, 0.2) is 5.78 Å². The highest BCUT2D eigenvalue weighted by atomic mass is 19.1. The van der Waals surface area contributed by atoms with Gasteiger partial charge in [-0.05, 0) is 24.5 Å². The number of halogens is 1. The van der Waals surface area contributed by atoms with Crippen molar-refractivity contribution in [3.05, 3.63) is 65.7 Å². The minimum absolute atomic E-state index is 0.00630. The molecular weight excluding hydrogens is 253 g/mol. The van der Waals surface area contributed by atoms with Crippen LogP contribution in [-0.4, -0.2) is 10.8 Å². The first kappa shape index (κ1) is 13.0. The topological polar surface area (TPSA) is 30.0 Å². The van der Waals surface area contributed by atoms with Gasteiger partial charge < -0.3 is 0 Å². The van der Waals surface area contributed by atoms with Gasteiger partial charge in [-0.2, -0.15) is 0 Å². The highest BCUT2D eigenvalue weighted by molar-refractivity contribution is 6.04. The quantitative estimate of drug-likeness (QED) is 0.791. The van der Waals surface area contributed by atoms with Gasteiger partial charge >= 0.3 is 0 Å². The first-order valence-electron chi connectivity index (χ1n) is 6.93. The Balaban J connectivity index is 2.05. The predicted octanol–water partition coefficient (Wildman–Crippen LogP) is 3.92. The van der Waals surface area contributed by atoms with E-state index in [-0.39, 0.29) is 5.78 Å². The molecule has 0 spiro atoms. The molecule has 1 fully saturated rings. The Morgan fingerprint density at radius 1 is 1.10 bits per heavy atom. The van der Waals surface area contributed by atoms with Crippen LogP contribution in [0.3, 0.4) is 0 Å². The number of Topliss-reactive ketones (excluding diaryl/α,β-unsaturated/α-hetero) is 1. The molecule has 0 radical (unpaired) electrons. The van der Waals surface area contributed by atoms with E-state index >= 15 is 0 Å². The molecule has 3 rings (SSSR count). The average molecular weight is 269 g/mol. The maximum Gasteiger partial charge on any atom is 0.175 e. The predicted molar refractivity (Wildman–Crippen MR) is 75.1 cm³/mol. The third kappa shape index (κ3) is 2.13. The number of benzene rings is 1. The molecule has 0 aliphatic heterocycles. The lowest BCUT2D eigenvalue weighted by atomic mass is 9.73. The highest BCUT2D eigenvalue weighted by Crippen LogP contribution is 2.43. The lowest BCUT2D eigenvalue weighted by Crippen LogP contribution is -2.33. The summed E-state index contributed by atoms with van der Waals surface area (Å²) in [6.45, 7) is 0. The normalized spacial score (nSPS) is 17.1. The molecule has 1 aromatic heterocycles. The molecular formula is C17H16FNO. The van der Waals surface area contributed by atoms with Crippen LogP contribution in [0.25, 0.3) is 0 Å². The largest absolute Gasteiger partial charge is 0.293 e. The fourth-order valence-corrected chi connectivity index (χ4v) is 3.19. The van der Waals surface area contributed by atoms with Gasteiger partial charge in [-0.3, -0.25) is 9.78 Å². The van der Waals surface area contributed by atoms with Crippen LogP contribution >= 0.6 is 0 Å². The van der Waals surface area contributed by atoms with E-state index in [0.29, 0.717) is 5.56 Å². The van der Waals surface area contributed by atoms with Gasteiger partial charge in [0.05, 0.1) is 11.6 Å². The zero-order chi connectivity index (χ0) is 14.0. The Morgan fingerprint density at radius 3 is 2.45 bits per heavy atom. The molecule has 0 unspecified atom stereocenters. The molecule has 1 saturated carbocycles. The molecule has 0 atom stereocenters. The second-order valence-electron chi connectivity index (χ2n) is 5.38. The van der Waals surface area contributed by atoms with Crippen molar-refractivity contribution in [3.8, 4) is 0 Å². The van der Waals surface area contributed by atoms with E-state index in [1.54, 1.807) is 0 Å². The third-order valence-electron chi connectivity index (χ3n) is 4.19. The second kappa shape index (κ2) is 5.16. The number of carbonyl (C=O) groups is 1. The zero-order valence-corrected chi connectivity index (χ0v) is 11.2.